The van der Waals surface area contributed by atoms with Crippen LogP contribution in [0.2, 0.25) is 12.1 Å². The molecule has 0 aromatic carbocycles. The molecule has 0 aromatic heterocycles. The summed E-state index contributed by atoms with van der Waals surface area (Å²) in [5.41, 5.74) is 4.50. The summed E-state index contributed by atoms with van der Waals surface area (Å²) in [7, 11) is -0.290. The molecule has 0 bridgehead atoms. The SMILES string of the molecule is CCCC[Si](CC)(OCC)OCC.CN. The molecule has 0 aliphatic heterocycles. The Labute approximate surface area is 96.6 Å². The van der Waals surface area contributed by atoms with Crippen LogP contribution < -0.4 is 5.73 Å². The van der Waals surface area contributed by atoms with Crippen LogP contribution in [0.1, 0.15) is 40.5 Å². The van der Waals surface area contributed by atoms with E-state index in [1.807, 2.05) is 0 Å². The molecular formula is C11H29NO2Si. The second-order valence-electron chi connectivity index (χ2n) is 3.23. The lowest BCUT2D eigenvalue weighted by atomic mass is 10.4. The Bertz CT molecular complexity index is 117. The summed E-state index contributed by atoms with van der Waals surface area (Å²) in [5, 5.41) is 0. The average Bonchev–Trinajstić information content (AvgIpc) is 2.29. The summed E-state index contributed by atoms with van der Waals surface area (Å²) in [6.45, 7) is 10.1. The maximum atomic E-state index is 5.84. The molecule has 0 saturated carbocycles. The van der Waals surface area contributed by atoms with Crippen molar-refractivity contribution in [2.75, 3.05) is 20.3 Å². The predicted octanol–water partition coefficient (Wildman–Crippen LogP) is 2.90. The molecule has 0 radical (unpaired) electrons. The van der Waals surface area contributed by atoms with E-state index in [1.165, 1.54) is 19.9 Å². The molecule has 0 atom stereocenters. The van der Waals surface area contributed by atoms with Gasteiger partial charge in [0, 0.05) is 13.2 Å². The second-order valence-corrected chi connectivity index (χ2v) is 6.84. The first kappa shape index (κ1) is 17.5. The van der Waals surface area contributed by atoms with Crippen molar-refractivity contribution in [3.05, 3.63) is 0 Å². The van der Waals surface area contributed by atoms with E-state index in [9.17, 15) is 0 Å². The van der Waals surface area contributed by atoms with Crippen LogP contribution in [0.15, 0.2) is 0 Å². The minimum atomic E-state index is -1.79. The third kappa shape index (κ3) is 7.96. The van der Waals surface area contributed by atoms with E-state index in [2.05, 4.69) is 33.4 Å². The van der Waals surface area contributed by atoms with Crippen LogP contribution >= 0.6 is 0 Å². The van der Waals surface area contributed by atoms with Crippen LogP contribution in [0.3, 0.4) is 0 Å². The molecule has 0 aliphatic rings. The lowest BCUT2D eigenvalue weighted by Gasteiger charge is -2.28. The molecule has 0 spiro atoms. The standard InChI is InChI=1S/C10H24O2Si.CH5N/c1-5-9-10-13(8-4,11-6-2)12-7-3;1-2/h5-10H2,1-4H3;2H2,1H3. The first-order valence-corrected chi connectivity index (χ1v) is 8.33. The van der Waals surface area contributed by atoms with Gasteiger partial charge in [0.25, 0.3) is 0 Å². The van der Waals surface area contributed by atoms with Gasteiger partial charge in [-0.1, -0.05) is 26.7 Å². The van der Waals surface area contributed by atoms with Gasteiger partial charge in [-0.15, -0.1) is 0 Å². The zero-order valence-corrected chi connectivity index (χ0v) is 12.1. The van der Waals surface area contributed by atoms with Gasteiger partial charge in [0.1, 0.15) is 0 Å². The Balaban J connectivity index is 0. The second kappa shape index (κ2) is 12.2. The monoisotopic (exact) mass is 235 g/mol. The van der Waals surface area contributed by atoms with Gasteiger partial charge in [0.05, 0.1) is 0 Å². The van der Waals surface area contributed by atoms with E-state index in [0.29, 0.717) is 0 Å². The Morgan fingerprint density at radius 3 is 1.67 bits per heavy atom. The minimum absolute atomic E-state index is 0.795. The molecule has 0 saturated heterocycles. The molecular weight excluding hydrogens is 206 g/mol. The van der Waals surface area contributed by atoms with Gasteiger partial charge in [-0.3, -0.25) is 0 Å². The van der Waals surface area contributed by atoms with Crippen LogP contribution in [0, 0.1) is 0 Å². The topological polar surface area (TPSA) is 44.5 Å². The summed E-state index contributed by atoms with van der Waals surface area (Å²) in [4.78, 5) is 0. The van der Waals surface area contributed by atoms with E-state index in [4.69, 9.17) is 8.85 Å². The highest BCUT2D eigenvalue weighted by atomic mass is 28.4. The maximum absolute atomic E-state index is 5.84. The number of nitrogens with two attached hydrogens (primary N) is 1. The number of unbranched alkanes of at least 4 members (excludes halogenated alkanes) is 1. The quantitative estimate of drug-likeness (QED) is 0.658. The van der Waals surface area contributed by atoms with Crippen LogP contribution in [-0.2, 0) is 8.85 Å². The molecule has 2 N–H and O–H groups in total. The summed E-state index contributed by atoms with van der Waals surface area (Å²) in [6.07, 6.45) is 2.47. The molecule has 0 rings (SSSR count). The Hall–Kier alpha value is 0.0969. The lowest BCUT2D eigenvalue weighted by molar-refractivity contribution is 0.182. The number of hydrogen-bond donors (Lipinski definition) is 1. The van der Waals surface area contributed by atoms with Crippen LogP contribution in [0.5, 0.6) is 0 Å². The van der Waals surface area contributed by atoms with E-state index >= 15 is 0 Å². The summed E-state index contributed by atoms with van der Waals surface area (Å²) >= 11 is 0. The number of rotatable bonds is 8. The summed E-state index contributed by atoms with van der Waals surface area (Å²) < 4.78 is 11.7. The minimum Gasteiger partial charge on any atom is -0.394 e. The van der Waals surface area contributed by atoms with Crippen molar-refractivity contribution in [1.29, 1.82) is 0 Å². The van der Waals surface area contributed by atoms with Crippen LogP contribution in [0.4, 0.5) is 0 Å². The molecule has 3 nitrogen and oxygen atoms in total. The summed E-state index contributed by atoms with van der Waals surface area (Å²) in [6, 6.07) is 2.23. The van der Waals surface area contributed by atoms with Crippen molar-refractivity contribution < 1.29 is 8.85 Å². The molecule has 0 amide bonds. The van der Waals surface area contributed by atoms with Crippen molar-refractivity contribution in [1.82, 2.24) is 0 Å². The van der Waals surface area contributed by atoms with Gasteiger partial charge in [-0.05, 0) is 33.0 Å². The molecule has 4 heteroatoms. The van der Waals surface area contributed by atoms with Crippen molar-refractivity contribution >= 4 is 8.56 Å². The van der Waals surface area contributed by atoms with Gasteiger partial charge in [0.2, 0.25) is 0 Å². The fraction of sp³-hybridized carbons (Fsp3) is 1.00. The third-order valence-electron chi connectivity index (χ3n) is 2.26. The van der Waals surface area contributed by atoms with Crippen molar-refractivity contribution in [2.24, 2.45) is 5.73 Å². The summed E-state index contributed by atoms with van der Waals surface area (Å²) in [5.74, 6) is 0. The molecule has 15 heavy (non-hydrogen) atoms. The third-order valence-corrected chi connectivity index (χ3v) is 6.09. The van der Waals surface area contributed by atoms with Crippen molar-refractivity contribution in [3.8, 4) is 0 Å². The fourth-order valence-electron chi connectivity index (χ4n) is 1.54. The normalized spacial score (nSPS) is 10.8. The van der Waals surface area contributed by atoms with E-state index in [-0.39, 0.29) is 0 Å². The first-order valence-electron chi connectivity index (χ1n) is 6.10. The molecule has 0 heterocycles. The molecule has 0 unspecified atom stereocenters. The molecule has 0 aromatic rings. The highest BCUT2D eigenvalue weighted by molar-refractivity contribution is 6.67. The van der Waals surface area contributed by atoms with Crippen LogP contribution in [-0.4, -0.2) is 28.8 Å². The van der Waals surface area contributed by atoms with Crippen molar-refractivity contribution in [2.45, 2.75) is 52.6 Å². The van der Waals surface area contributed by atoms with Gasteiger partial charge in [-0.25, -0.2) is 0 Å². The Morgan fingerprint density at radius 1 is 0.933 bits per heavy atom. The maximum Gasteiger partial charge on any atom is 0.337 e. The van der Waals surface area contributed by atoms with Gasteiger partial charge >= 0.3 is 8.56 Å². The fourth-order valence-corrected chi connectivity index (χ4v) is 4.62. The molecule has 0 fully saturated rings. The highest BCUT2D eigenvalue weighted by Crippen LogP contribution is 2.21. The van der Waals surface area contributed by atoms with Gasteiger partial charge in [0.15, 0.2) is 0 Å². The predicted molar refractivity (Wildman–Crippen MR) is 69.3 cm³/mol. The van der Waals surface area contributed by atoms with Gasteiger partial charge in [-0.2, -0.15) is 0 Å². The zero-order chi connectivity index (χ0) is 12.2. The highest BCUT2D eigenvalue weighted by Gasteiger charge is 2.33. The van der Waals surface area contributed by atoms with Crippen LogP contribution in [0.25, 0.3) is 0 Å². The smallest absolute Gasteiger partial charge is 0.337 e. The first-order chi connectivity index (χ1) is 7.24. The van der Waals surface area contributed by atoms with E-state index < -0.39 is 8.56 Å². The Kier molecular flexibility index (Phi) is 14.2. The molecule has 0 aliphatic carbocycles. The van der Waals surface area contributed by atoms with E-state index in [0.717, 1.165) is 25.3 Å². The molecule has 94 valence electrons. The Morgan fingerprint density at radius 2 is 1.40 bits per heavy atom. The largest absolute Gasteiger partial charge is 0.394 e. The average molecular weight is 235 g/mol. The van der Waals surface area contributed by atoms with Crippen molar-refractivity contribution in [3.63, 3.8) is 0 Å². The van der Waals surface area contributed by atoms with Gasteiger partial charge < -0.3 is 14.6 Å². The number of hydrogen-bond acceptors (Lipinski definition) is 3. The lowest BCUT2D eigenvalue weighted by Crippen LogP contribution is -2.41. The zero-order valence-electron chi connectivity index (χ0n) is 11.1. The van der Waals surface area contributed by atoms with E-state index in [1.54, 1.807) is 0 Å².